The van der Waals surface area contributed by atoms with E-state index in [1.165, 1.54) is 11.8 Å². The molecule has 3 rings (SSSR count). The molecule has 3 aromatic rings. The number of carbonyl (C=O) groups is 1. The SMILES string of the molecule is CSc1c(C)c(C(=O)Nc2ccc(S(=O)(=O)C(F)(F)F)cc2Cl)c(O)c2ccccc12. The Morgan fingerprint density at radius 1 is 1.13 bits per heavy atom. The number of nitrogens with one attached hydrogen (secondary N) is 1. The monoisotopic (exact) mass is 489 g/mol. The van der Waals surface area contributed by atoms with Gasteiger partial charge in [-0.15, -0.1) is 11.8 Å². The number of anilines is 1. The van der Waals surface area contributed by atoms with Crippen molar-refractivity contribution in [2.24, 2.45) is 0 Å². The van der Waals surface area contributed by atoms with Crippen LogP contribution in [0.5, 0.6) is 5.75 Å². The molecule has 0 saturated heterocycles. The van der Waals surface area contributed by atoms with Gasteiger partial charge in [0.05, 0.1) is 21.2 Å². The number of thioether (sulfide) groups is 1. The molecular formula is C20H15ClF3NO4S2. The van der Waals surface area contributed by atoms with Gasteiger partial charge in [0.25, 0.3) is 15.7 Å². The molecule has 0 bridgehead atoms. The summed E-state index contributed by atoms with van der Waals surface area (Å²) in [5.41, 5.74) is -5.10. The minimum Gasteiger partial charge on any atom is -0.506 e. The van der Waals surface area contributed by atoms with Gasteiger partial charge >= 0.3 is 5.51 Å². The summed E-state index contributed by atoms with van der Waals surface area (Å²) in [7, 11) is -5.58. The first-order valence-corrected chi connectivity index (χ1v) is 11.7. The van der Waals surface area contributed by atoms with Gasteiger partial charge in [-0.1, -0.05) is 35.9 Å². The predicted octanol–water partition coefficient (Wildman–Crippen LogP) is 5.77. The van der Waals surface area contributed by atoms with E-state index in [2.05, 4.69) is 5.32 Å². The standard InChI is InChI=1S/C20H15ClF3NO4S2/c1-10-16(17(26)12-5-3-4-6-13(12)18(10)30-2)19(27)25-15-8-7-11(9-14(15)21)31(28,29)20(22,23)24/h3-9,26H,1-2H3,(H,25,27). The van der Waals surface area contributed by atoms with E-state index in [1.807, 2.05) is 12.3 Å². The summed E-state index contributed by atoms with van der Waals surface area (Å²) in [6.07, 6.45) is 1.82. The van der Waals surface area contributed by atoms with Crippen molar-refractivity contribution in [3.8, 4) is 5.75 Å². The molecule has 0 heterocycles. The zero-order valence-corrected chi connectivity index (χ0v) is 18.4. The topological polar surface area (TPSA) is 83.5 Å². The lowest BCUT2D eigenvalue weighted by atomic mass is 9.99. The number of amides is 1. The Balaban J connectivity index is 2.04. The van der Waals surface area contributed by atoms with Crippen molar-refractivity contribution in [3.05, 3.63) is 58.6 Å². The number of carbonyl (C=O) groups excluding carboxylic acids is 1. The van der Waals surface area contributed by atoms with Crippen LogP contribution in [0.15, 0.2) is 52.3 Å². The number of hydrogen-bond donors (Lipinski definition) is 2. The molecule has 0 radical (unpaired) electrons. The molecule has 0 aliphatic heterocycles. The van der Waals surface area contributed by atoms with Crippen LogP contribution in [0.2, 0.25) is 5.02 Å². The molecule has 0 saturated carbocycles. The fourth-order valence-electron chi connectivity index (χ4n) is 3.14. The first kappa shape index (κ1) is 23.2. The molecule has 0 atom stereocenters. The third kappa shape index (κ3) is 4.07. The van der Waals surface area contributed by atoms with Crippen LogP contribution in [-0.4, -0.2) is 31.2 Å². The van der Waals surface area contributed by atoms with E-state index >= 15 is 0 Å². The molecular weight excluding hydrogens is 475 g/mol. The van der Waals surface area contributed by atoms with Gasteiger partial charge in [-0.05, 0) is 42.3 Å². The van der Waals surface area contributed by atoms with Crippen molar-refractivity contribution in [2.45, 2.75) is 22.2 Å². The number of fused-ring (bicyclic) bond motifs is 1. The number of alkyl halides is 3. The second-order valence-electron chi connectivity index (χ2n) is 6.47. The molecule has 5 nitrogen and oxygen atoms in total. The lowest BCUT2D eigenvalue weighted by molar-refractivity contribution is -0.0436. The van der Waals surface area contributed by atoms with E-state index < -0.39 is 31.2 Å². The largest absolute Gasteiger partial charge is 0.506 e. The molecule has 2 N–H and O–H groups in total. The van der Waals surface area contributed by atoms with Gasteiger partial charge in [0.2, 0.25) is 0 Å². The zero-order chi connectivity index (χ0) is 23.1. The Labute approximate surface area is 185 Å². The van der Waals surface area contributed by atoms with Gasteiger partial charge in [-0.3, -0.25) is 4.79 Å². The number of phenolic OH excluding ortho intramolecular Hbond substituents is 1. The Morgan fingerprint density at radius 3 is 2.29 bits per heavy atom. The van der Waals surface area contributed by atoms with E-state index in [0.29, 0.717) is 23.1 Å². The average molecular weight is 490 g/mol. The van der Waals surface area contributed by atoms with E-state index in [1.54, 1.807) is 25.1 Å². The van der Waals surface area contributed by atoms with Gasteiger partial charge in [0.1, 0.15) is 5.75 Å². The Kier molecular flexibility index (Phi) is 6.18. The van der Waals surface area contributed by atoms with Crippen LogP contribution >= 0.6 is 23.4 Å². The summed E-state index contributed by atoms with van der Waals surface area (Å²) in [4.78, 5) is 12.7. The Morgan fingerprint density at radius 2 is 1.74 bits per heavy atom. The fraction of sp³-hybridized carbons (Fsp3) is 0.150. The normalized spacial score (nSPS) is 12.2. The van der Waals surface area contributed by atoms with Crippen LogP contribution in [0, 0.1) is 6.92 Å². The van der Waals surface area contributed by atoms with Crippen molar-refractivity contribution >= 4 is 55.6 Å². The van der Waals surface area contributed by atoms with Crippen LogP contribution in [0.1, 0.15) is 15.9 Å². The quantitative estimate of drug-likeness (QED) is 0.454. The maximum absolute atomic E-state index is 12.9. The van der Waals surface area contributed by atoms with Crippen molar-refractivity contribution in [3.63, 3.8) is 0 Å². The number of phenols is 1. The second kappa shape index (κ2) is 8.25. The molecule has 0 spiro atoms. The summed E-state index contributed by atoms with van der Waals surface area (Å²) < 4.78 is 61.3. The highest BCUT2D eigenvalue weighted by Crippen LogP contribution is 2.40. The lowest BCUT2D eigenvalue weighted by Crippen LogP contribution is -2.23. The van der Waals surface area contributed by atoms with Crippen LogP contribution in [0.3, 0.4) is 0 Å². The lowest BCUT2D eigenvalue weighted by Gasteiger charge is -2.17. The van der Waals surface area contributed by atoms with Gasteiger partial charge in [-0.2, -0.15) is 13.2 Å². The molecule has 1 amide bonds. The van der Waals surface area contributed by atoms with Crippen molar-refractivity contribution in [2.75, 3.05) is 11.6 Å². The van der Waals surface area contributed by atoms with E-state index in [-0.39, 0.29) is 17.0 Å². The Bertz CT molecular complexity index is 1310. The van der Waals surface area contributed by atoms with Crippen molar-refractivity contribution < 1.29 is 31.5 Å². The summed E-state index contributed by atoms with van der Waals surface area (Å²) >= 11 is 7.33. The summed E-state index contributed by atoms with van der Waals surface area (Å²) in [6, 6.07) is 9.25. The number of aromatic hydroxyl groups is 1. The Hall–Kier alpha value is -2.43. The van der Waals surface area contributed by atoms with Crippen LogP contribution in [-0.2, 0) is 9.84 Å². The zero-order valence-electron chi connectivity index (χ0n) is 16.0. The fourth-order valence-corrected chi connectivity index (χ4v) is 5.03. The van der Waals surface area contributed by atoms with E-state index in [0.717, 1.165) is 16.3 Å². The van der Waals surface area contributed by atoms with Gasteiger partial charge in [0, 0.05) is 10.3 Å². The predicted molar refractivity (Wildman–Crippen MR) is 115 cm³/mol. The smallest absolute Gasteiger partial charge is 0.501 e. The molecule has 0 aliphatic rings. The highest BCUT2D eigenvalue weighted by Gasteiger charge is 2.47. The molecule has 3 aromatic carbocycles. The van der Waals surface area contributed by atoms with Crippen LogP contribution in [0.4, 0.5) is 18.9 Å². The number of benzene rings is 3. The molecule has 164 valence electrons. The van der Waals surface area contributed by atoms with Crippen molar-refractivity contribution in [1.82, 2.24) is 0 Å². The number of hydrogen-bond acceptors (Lipinski definition) is 5. The highest BCUT2D eigenvalue weighted by molar-refractivity contribution is 7.98. The minimum absolute atomic E-state index is 0.0221. The summed E-state index contributed by atoms with van der Waals surface area (Å²) in [5.74, 6) is -1.000. The van der Waals surface area contributed by atoms with Crippen LogP contribution < -0.4 is 5.32 Å². The molecule has 0 unspecified atom stereocenters. The summed E-state index contributed by atoms with van der Waals surface area (Å²) in [5, 5.41) is 13.9. The number of rotatable bonds is 4. The molecule has 0 aromatic heterocycles. The molecule has 0 fully saturated rings. The van der Waals surface area contributed by atoms with Gasteiger partial charge in [-0.25, -0.2) is 8.42 Å². The number of halogens is 4. The summed E-state index contributed by atoms with van der Waals surface area (Å²) in [6.45, 7) is 1.66. The molecule has 11 heteroatoms. The minimum atomic E-state index is -5.58. The van der Waals surface area contributed by atoms with Crippen LogP contribution in [0.25, 0.3) is 10.8 Å². The first-order chi connectivity index (χ1) is 14.4. The van der Waals surface area contributed by atoms with Gasteiger partial charge in [0.15, 0.2) is 0 Å². The number of sulfone groups is 1. The van der Waals surface area contributed by atoms with Crippen molar-refractivity contribution in [1.29, 1.82) is 0 Å². The first-order valence-electron chi connectivity index (χ1n) is 8.60. The van der Waals surface area contributed by atoms with E-state index in [4.69, 9.17) is 11.6 Å². The molecule has 31 heavy (non-hydrogen) atoms. The third-order valence-corrected chi connectivity index (χ3v) is 7.35. The maximum Gasteiger partial charge on any atom is 0.501 e. The van der Waals surface area contributed by atoms with Gasteiger partial charge < -0.3 is 10.4 Å². The average Bonchev–Trinajstić information content (AvgIpc) is 2.69. The van der Waals surface area contributed by atoms with E-state index in [9.17, 15) is 31.5 Å². The molecule has 0 aliphatic carbocycles. The highest BCUT2D eigenvalue weighted by atomic mass is 35.5. The second-order valence-corrected chi connectivity index (χ2v) is 9.64. The third-order valence-electron chi connectivity index (χ3n) is 4.61. The maximum atomic E-state index is 12.9.